The van der Waals surface area contributed by atoms with E-state index in [1.54, 1.807) is 4.90 Å². The second kappa shape index (κ2) is 8.50. The fourth-order valence-corrected chi connectivity index (χ4v) is 4.77. The predicted octanol–water partition coefficient (Wildman–Crippen LogP) is 5.38. The minimum absolute atomic E-state index is 0.0331. The van der Waals surface area contributed by atoms with Crippen LogP contribution in [0.1, 0.15) is 29.6 Å². The topological polar surface area (TPSA) is 49.9 Å². The Labute approximate surface area is 188 Å². The molecular weight excluding hydrogens is 400 g/mol. The van der Waals surface area contributed by atoms with Crippen LogP contribution in [0.4, 0.5) is 10.5 Å². The largest absolute Gasteiger partial charge is 0.441 e. The number of hydrogen-bond donors (Lipinski definition) is 0. The second-order valence-corrected chi connectivity index (χ2v) is 8.53. The van der Waals surface area contributed by atoms with E-state index < -0.39 is 5.60 Å². The van der Waals surface area contributed by atoms with Crippen molar-refractivity contribution >= 4 is 17.7 Å². The lowest BCUT2D eigenvalue weighted by atomic mass is 9.94. The molecule has 5 heteroatoms. The van der Waals surface area contributed by atoms with Crippen LogP contribution in [0.25, 0.3) is 11.1 Å². The first-order valence-electron chi connectivity index (χ1n) is 11.1. The van der Waals surface area contributed by atoms with E-state index in [4.69, 9.17) is 4.74 Å². The predicted molar refractivity (Wildman–Crippen MR) is 125 cm³/mol. The quantitative estimate of drug-likeness (QED) is 0.565. The summed E-state index contributed by atoms with van der Waals surface area (Å²) in [4.78, 5) is 29.8. The number of para-hydroxylation sites is 1. The SMILES string of the molecule is O=C(c1ccccc1-c1ccccc1)N1CCC[C@@]2(CC1)CN(c1ccccc1)C(=O)O2. The molecule has 0 radical (unpaired) electrons. The van der Waals surface area contributed by atoms with Crippen LogP contribution in [0.3, 0.4) is 0 Å². The minimum atomic E-state index is -0.541. The monoisotopic (exact) mass is 426 g/mol. The summed E-state index contributed by atoms with van der Waals surface area (Å²) < 4.78 is 5.91. The number of ether oxygens (including phenoxy) is 1. The maximum atomic E-state index is 13.5. The molecule has 2 heterocycles. The fourth-order valence-electron chi connectivity index (χ4n) is 4.77. The molecule has 1 spiro atoms. The molecular formula is C27H26N2O3. The number of benzene rings is 3. The summed E-state index contributed by atoms with van der Waals surface area (Å²) in [5.41, 5.74) is 3.00. The van der Waals surface area contributed by atoms with Gasteiger partial charge < -0.3 is 9.64 Å². The number of anilines is 1. The number of carbonyl (C=O) groups is 2. The van der Waals surface area contributed by atoms with Gasteiger partial charge in [-0.05, 0) is 42.2 Å². The van der Waals surface area contributed by atoms with Gasteiger partial charge in [0.25, 0.3) is 5.91 Å². The lowest BCUT2D eigenvalue weighted by Gasteiger charge is -2.26. The number of nitrogens with zero attached hydrogens (tertiary/aromatic N) is 2. The molecule has 0 N–H and O–H groups in total. The van der Waals surface area contributed by atoms with Crippen LogP contribution in [0.15, 0.2) is 84.9 Å². The van der Waals surface area contributed by atoms with Crippen LogP contribution < -0.4 is 4.90 Å². The molecule has 5 nitrogen and oxygen atoms in total. The Morgan fingerprint density at radius 2 is 1.50 bits per heavy atom. The van der Waals surface area contributed by atoms with Crippen molar-refractivity contribution in [1.82, 2.24) is 4.90 Å². The van der Waals surface area contributed by atoms with E-state index in [0.717, 1.165) is 29.7 Å². The molecule has 2 amide bonds. The van der Waals surface area contributed by atoms with Gasteiger partial charge in [0.2, 0.25) is 0 Å². The van der Waals surface area contributed by atoms with Gasteiger partial charge in [-0.3, -0.25) is 9.69 Å². The van der Waals surface area contributed by atoms with Gasteiger partial charge in [0, 0.05) is 30.8 Å². The molecule has 1 atom stereocenters. The zero-order chi connectivity index (χ0) is 22.0. The van der Waals surface area contributed by atoms with Gasteiger partial charge in [0.1, 0.15) is 5.60 Å². The third kappa shape index (κ3) is 3.86. The van der Waals surface area contributed by atoms with Crippen LogP contribution in [0.2, 0.25) is 0 Å². The van der Waals surface area contributed by atoms with Crippen molar-refractivity contribution in [3.63, 3.8) is 0 Å². The second-order valence-electron chi connectivity index (χ2n) is 8.53. The van der Waals surface area contributed by atoms with Gasteiger partial charge in [-0.1, -0.05) is 66.7 Å². The highest BCUT2D eigenvalue weighted by molar-refractivity contribution is 6.01. The summed E-state index contributed by atoms with van der Waals surface area (Å²) in [6.07, 6.45) is 1.90. The van der Waals surface area contributed by atoms with Gasteiger partial charge >= 0.3 is 6.09 Å². The van der Waals surface area contributed by atoms with Crippen LogP contribution in [0.5, 0.6) is 0 Å². The summed E-state index contributed by atoms with van der Waals surface area (Å²) in [5, 5.41) is 0. The molecule has 0 aliphatic carbocycles. The zero-order valence-electron chi connectivity index (χ0n) is 17.9. The number of hydrogen-bond acceptors (Lipinski definition) is 3. The Kier molecular flexibility index (Phi) is 5.39. The van der Waals surface area contributed by atoms with Gasteiger partial charge in [-0.15, -0.1) is 0 Å². The fraction of sp³-hybridized carbons (Fsp3) is 0.259. The van der Waals surface area contributed by atoms with Crippen molar-refractivity contribution in [1.29, 1.82) is 0 Å². The van der Waals surface area contributed by atoms with E-state index in [0.29, 0.717) is 31.6 Å². The molecule has 3 aromatic carbocycles. The van der Waals surface area contributed by atoms with E-state index in [9.17, 15) is 9.59 Å². The maximum absolute atomic E-state index is 13.5. The Morgan fingerprint density at radius 3 is 2.28 bits per heavy atom. The third-order valence-electron chi connectivity index (χ3n) is 6.47. The smallest absolute Gasteiger partial charge is 0.415 e. The van der Waals surface area contributed by atoms with Crippen molar-refractivity contribution < 1.29 is 14.3 Å². The summed E-state index contributed by atoms with van der Waals surface area (Å²) in [5.74, 6) is 0.0331. The molecule has 0 aromatic heterocycles. The van der Waals surface area contributed by atoms with Crippen LogP contribution in [-0.2, 0) is 4.74 Å². The Balaban J connectivity index is 1.34. The summed E-state index contributed by atoms with van der Waals surface area (Å²) in [7, 11) is 0. The molecule has 0 saturated carbocycles. The first-order valence-corrected chi connectivity index (χ1v) is 11.1. The van der Waals surface area contributed by atoms with Crippen LogP contribution in [0, 0.1) is 0 Å². The summed E-state index contributed by atoms with van der Waals surface area (Å²) in [6.45, 7) is 1.75. The molecule has 2 saturated heterocycles. The first kappa shape index (κ1) is 20.3. The normalized spacial score (nSPS) is 20.8. The average Bonchev–Trinajstić information content (AvgIpc) is 3.03. The molecule has 162 valence electrons. The van der Waals surface area contributed by atoms with Crippen LogP contribution >= 0.6 is 0 Å². The van der Waals surface area contributed by atoms with Crippen molar-refractivity contribution in [2.75, 3.05) is 24.5 Å². The standard InChI is InChI=1S/C27H26N2O3/c30-25(24-15-8-7-14-23(24)21-10-3-1-4-11-21)28-18-9-16-27(17-19-28)20-29(26(31)32-27)22-12-5-2-6-13-22/h1-8,10-15H,9,16-20H2/t27-/m1/s1. The lowest BCUT2D eigenvalue weighted by Crippen LogP contribution is -2.37. The molecule has 2 fully saturated rings. The van der Waals surface area contributed by atoms with Gasteiger partial charge in [0.15, 0.2) is 0 Å². The van der Waals surface area contributed by atoms with Crippen molar-refractivity contribution in [2.45, 2.75) is 24.9 Å². The van der Waals surface area contributed by atoms with Crippen LogP contribution in [-0.4, -0.2) is 42.1 Å². The van der Waals surface area contributed by atoms with E-state index in [1.165, 1.54) is 0 Å². The van der Waals surface area contributed by atoms with Gasteiger partial charge in [0.05, 0.1) is 6.54 Å². The highest BCUT2D eigenvalue weighted by Gasteiger charge is 2.46. The molecule has 3 aromatic rings. The molecule has 0 unspecified atom stereocenters. The van der Waals surface area contributed by atoms with Crippen molar-refractivity contribution in [3.8, 4) is 11.1 Å². The lowest BCUT2D eigenvalue weighted by molar-refractivity contribution is 0.0439. The number of carbonyl (C=O) groups excluding carboxylic acids is 2. The van der Waals surface area contributed by atoms with E-state index in [2.05, 4.69) is 0 Å². The van der Waals surface area contributed by atoms with Gasteiger partial charge in [-0.25, -0.2) is 4.79 Å². The Bertz CT molecular complexity index is 1120. The Hall–Kier alpha value is -3.60. The zero-order valence-corrected chi connectivity index (χ0v) is 17.9. The van der Waals surface area contributed by atoms with Crippen molar-refractivity contribution in [3.05, 3.63) is 90.5 Å². The minimum Gasteiger partial charge on any atom is -0.441 e. The highest BCUT2D eigenvalue weighted by atomic mass is 16.6. The first-order chi connectivity index (χ1) is 15.7. The van der Waals surface area contributed by atoms with E-state index >= 15 is 0 Å². The maximum Gasteiger partial charge on any atom is 0.415 e. The Morgan fingerprint density at radius 1 is 0.812 bits per heavy atom. The summed E-state index contributed by atoms with van der Waals surface area (Å²) in [6, 6.07) is 27.4. The highest BCUT2D eigenvalue weighted by Crippen LogP contribution is 2.36. The molecule has 5 rings (SSSR count). The number of likely N-dealkylation sites (tertiary alicyclic amines) is 1. The van der Waals surface area contributed by atoms with E-state index in [1.807, 2.05) is 89.8 Å². The molecule has 0 bridgehead atoms. The number of amides is 2. The molecule has 2 aliphatic heterocycles. The number of rotatable bonds is 3. The van der Waals surface area contributed by atoms with Gasteiger partial charge in [-0.2, -0.15) is 0 Å². The molecule has 2 aliphatic rings. The molecule has 32 heavy (non-hydrogen) atoms. The average molecular weight is 427 g/mol. The third-order valence-corrected chi connectivity index (χ3v) is 6.47. The van der Waals surface area contributed by atoms with E-state index in [-0.39, 0.29) is 12.0 Å². The summed E-state index contributed by atoms with van der Waals surface area (Å²) >= 11 is 0. The van der Waals surface area contributed by atoms with Crippen molar-refractivity contribution in [2.24, 2.45) is 0 Å².